The summed E-state index contributed by atoms with van der Waals surface area (Å²) < 4.78 is 11.8. The first-order valence-electron chi connectivity index (χ1n) is 6.69. The van der Waals surface area contributed by atoms with Gasteiger partial charge in [0.05, 0.1) is 0 Å². The molecule has 6 heteroatoms. The van der Waals surface area contributed by atoms with E-state index in [4.69, 9.17) is 5.11 Å². The van der Waals surface area contributed by atoms with Crippen molar-refractivity contribution in [2.24, 2.45) is 0 Å². The molecule has 1 aliphatic rings. The molecule has 2 rings (SSSR count). The smallest absolute Gasteiger partial charge is 0.404 e. The summed E-state index contributed by atoms with van der Waals surface area (Å²) in [5.74, 6) is 1.27. The molecule has 3 atom stereocenters. The number of rotatable bonds is 4. The van der Waals surface area contributed by atoms with Crippen LogP contribution >= 0.6 is 0 Å². The molecule has 3 unspecified atom stereocenters. The van der Waals surface area contributed by atoms with E-state index in [2.05, 4.69) is 10.2 Å². The Morgan fingerprint density at radius 2 is 2.20 bits per heavy atom. The molecule has 2 N–H and O–H groups in total. The van der Waals surface area contributed by atoms with Crippen molar-refractivity contribution in [3.05, 3.63) is 35.9 Å². The first-order chi connectivity index (χ1) is 9.56. The highest BCUT2D eigenvalue weighted by Crippen LogP contribution is 2.25. The van der Waals surface area contributed by atoms with Crippen LogP contribution in [0.3, 0.4) is 0 Å². The van der Waals surface area contributed by atoms with Crippen LogP contribution in [-0.2, 0) is 10.8 Å². The monoisotopic (exact) mass is 296 g/mol. The van der Waals surface area contributed by atoms with E-state index in [-0.39, 0.29) is 12.1 Å². The van der Waals surface area contributed by atoms with Crippen molar-refractivity contribution < 1.29 is 14.1 Å². The Labute approximate surface area is 121 Å². The van der Waals surface area contributed by atoms with Gasteiger partial charge in [0, 0.05) is 47.5 Å². The number of amides is 1. The van der Waals surface area contributed by atoms with Crippen LogP contribution in [0.4, 0.5) is 4.79 Å². The second-order valence-corrected chi connectivity index (χ2v) is 6.70. The average Bonchev–Trinajstić information content (AvgIpc) is 2.41. The highest BCUT2D eigenvalue weighted by atomic mass is 32.2. The van der Waals surface area contributed by atoms with Crippen molar-refractivity contribution in [2.75, 3.05) is 24.6 Å². The lowest BCUT2D eigenvalue weighted by molar-refractivity contribution is 0.172. The molecule has 1 amide bonds. The van der Waals surface area contributed by atoms with E-state index in [9.17, 15) is 9.00 Å². The number of nitrogens with one attached hydrogen (secondary N) is 1. The molecule has 1 saturated heterocycles. The molecule has 1 fully saturated rings. The topological polar surface area (TPSA) is 69.6 Å². The summed E-state index contributed by atoms with van der Waals surface area (Å²) in [4.78, 5) is 12.9. The molecule has 1 aromatic rings. The van der Waals surface area contributed by atoms with Gasteiger partial charge in [-0.25, -0.2) is 4.79 Å². The molecule has 20 heavy (non-hydrogen) atoms. The van der Waals surface area contributed by atoms with E-state index < -0.39 is 16.9 Å². The molecule has 5 nitrogen and oxygen atoms in total. The van der Waals surface area contributed by atoms with Gasteiger partial charge in [-0.1, -0.05) is 30.3 Å². The highest BCUT2D eigenvalue weighted by molar-refractivity contribution is 7.85. The standard InChI is InChI=1S/C14H20N2O3S/c1-11(15-14(17)18)9-16-7-8-20(19)10-13(16)12-5-3-2-4-6-12/h2-6,11,13,15H,7-10H2,1H3,(H,17,18). The molecule has 0 saturated carbocycles. The maximum Gasteiger partial charge on any atom is 0.404 e. The van der Waals surface area contributed by atoms with Gasteiger partial charge in [-0.2, -0.15) is 0 Å². The third-order valence-corrected chi connectivity index (χ3v) is 4.78. The number of carbonyl (C=O) groups is 1. The van der Waals surface area contributed by atoms with E-state index in [0.29, 0.717) is 18.1 Å². The van der Waals surface area contributed by atoms with Gasteiger partial charge in [0.15, 0.2) is 0 Å². The minimum Gasteiger partial charge on any atom is -0.465 e. The molecule has 0 aromatic heterocycles. The molecule has 110 valence electrons. The fourth-order valence-electron chi connectivity index (χ4n) is 2.55. The molecule has 0 radical (unpaired) electrons. The van der Waals surface area contributed by atoms with Crippen molar-refractivity contribution in [3.8, 4) is 0 Å². The van der Waals surface area contributed by atoms with Gasteiger partial charge in [0.2, 0.25) is 0 Å². The molecular formula is C14H20N2O3S. The van der Waals surface area contributed by atoms with Crippen LogP contribution in [0.5, 0.6) is 0 Å². The fraction of sp³-hybridized carbons (Fsp3) is 0.500. The number of hydrogen-bond acceptors (Lipinski definition) is 3. The Kier molecular flexibility index (Phi) is 5.14. The first kappa shape index (κ1) is 15.0. The van der Waals surface area contributed by atoms with E-state index in [0.717, 1.165) is 12.1 Å². The molecule has 1 heterocycles. The summed E-state index contributed by atoms with van der Waals surface area (Å²) in [5, 5.41) is 11.2. The van der Waals surface area contributed by atoms with Crippen molar-refractivity contribution in [1.82, 2.24) is 10.2 Å². The lowest BCUT2D eigenvalue weighted by atomic mass is 10.1. The normalized spacial score (nSPS) is 25.1. The number of carboxylic acid groups (broad SMARTS) is 1. The zero-order valence-electron chi connectivity index (χ0n) is 11.5. The first-order valence-corrected chi connectivity index (χ1v) is 8.18. The van der Waals surface area contributed by atoms with Gasteiger partial charge in [-0.3, -0.25) is 9.11 Å². The van der Waals surface area contributed by atoms with Crippen molar-refractivity contribution in [2.45, 2.75) is 19.0 Å². The second-order valence-electron chi connectivity index (χ2n) is 5.08. The average molecular weight is 296 g/mol. The third kappa shape index (κ3) is 4.05. The van der Waals surface area contributed by atoms with Gasteiger partial charge in [0.25, 0.3) is 0 Å². The lowest BCUT2D eigenvalue weighted by Crippen LogP contribution is -2.47. The van der Waals surface area contributed by atoms with E-state index in [1.165, 1.54) is 0 Å². The number of nitrogens with zero attached hydrogens (tertiary/aromatic N) is 1. The summed E-state index contributed by atoms with van der Waals surface area (Å²) in [5.41, 5.74) is 1.14. The van der Waals surface area contributed by atoms with Crippen LogP contribution in [0.15, 0.2) is 30.3 Å². The predicted molar refractivity (Wildman–Crippen MR) is 79.3 cm³/mol. The van der Waals surface area contributed by atoms with Crippen LogP contribution in [0.2, 0.25) is 0 Å². The fourth-order valence-corrected chi connectivity index (χ4v) is 3.91. The maximum absolute atomic E-state index is 11.8. The van der Waals surface area contributed by atoms with E-state index in [1.807, 2.05) is 37.3 Å². The summed E-state index contributed by atoms with van der Waals surface area (Å²) in [6, 6.07) is 9.94. The van der Waals surface area contributed by atoms with Crippen molar-refractivity contribution in [1.29, 1.82) is 0 Å². The van der Waals surface area contributed by atoms with Gasteiger partial charge in [-0.15, -0.1) is 0 Å². The zero-order valence-corrected chi connectivity index (χ0v) is 12.3. The summed E-state index contributed by atoms with van der Waals surface area (Å²) in [7, 11) is -0.795. The lowest BCUT2D eigenvalue weighted by Gasteiger charge is -2.37. The Morgan fingerprint density at radius 1 is 1.50 bits per heavy atom. The summed E-state index contributed by atoms with van der Waals surface area (Å²) in [6.45, 7) is 3.21. The molecule has 0 bridgehead atoms. The van der Waals surface area contributed by atoms with Crippen molar-refractivity contribution in [3.63, 3.8) is 0 Å². The van der Waals surface area contributed by atoms with E-state index in [1.54, 1.807) is 0 Å². The largest absolute Gasteiger partial charge is 0.465 e. The summed E-state index contributed by atoms with van der Waals surface area (Å²) in [6.07, 6.45) is -1.01. The van der Waals surface area contributed by atoms with Crippen LogP contribution in [-0.4, -0.2) is 50.9 Å². The van der Waals surface area contributed by atoms with Gasteiger partial charge in [-0.05, 0) is 12.5 Å². The number of benzene rings is 1. The maximum atomic E-state index is 11.8. The van der Waals surface area contributed by atoms with Crippen LogP contribution in [0.25, 0.3) is 0 Å². The molecule has 1 aromatic carbocycles. The quantitative estimate of drug-likeness (QED) is 0.882. The van der Waals surface area contributed by atoms with Gasteiger partial charge >= 0.3 is 6.09 Å². The minimum atomic E-state index is -1.01. The Balaban J connectivity index is 2.08. The van der Waals surface area contributed by atoms with Gasteiger partial charge in [0.1, 0.15) is 0 Å². The Hall–Kier alpha value is -1.40. The molecule has 0 aliphatic carbocycles. The molecule has 0 spiro atoms. The Morgan fingerprint density at radius 3 is 2.85 bits per heavy atom. The minimum absolute atomic E-state index is 0.101. The zero-order chi connectivity index (χ0) is 14.5. The van der Waals surface area contributed by atoms with Crippen LogP contribution < -0.4 is 5.32 Å². The molecular weight excluding hydrogens is 276 g/mol. The van der Waals surface area contributed by atoms with Gasteiger partial charge < -0.3 is 10.4 Å². The van der Waals surface area contributed by atoms with Crippen LogP contribution in [0.1, 0.15) is 18.5 Å². The number of hydrogen-bond donors (Lipinski definition) is 2. The predicted octanol–water partition coefficient (Wildman–Crippen LogP) is 1.45. The van der Waals surface area contributed by atoms with E-state index >= 15 is 0 Å². The van der Waals surface area contributed by atoms with Crippen LogP contribution in [0, 0.1) is 0 Å². The second kappa shape index (κ2) is 6.85. The highest BCUT2D eigenvalue weighted by Gasteiger charge is 2.28. The summed E-state index contributed by atoms with van der Waals surface area (Å²) >= 11 is 0. The van der Waals surface area contributed by atoms with Crippen molar-refractivity contribution >= 4 is 16.9 Å². The third-order valence-electron chi connectivity index (χ3n) is 3.45. The SMILES string of the molecule is CC(CN1CCS(=O)CC1c1ccccc1)NC(=O)O. The molecule has 1 aliphatic heterocycles. The Bertz CT molecular complexity index is 481.